The highest BCUT2D eigenvalue weighted by Crippen LogP contribution is 2.31. The lowest BCUT2D eigenvalue weighted by atomic mass is 10.1. The van der Waals surface area contributed by atoms with Gasteiger partial charge in [-0.15, -0.1) is 0 Å². The number of para-hydroxylation sites is 1. The maximum absolute atomic E-state index is 12.2. The highest BCUT2D eigenvalue weighted by Gasteiger charge is 2.19. The first kappa shape index (κ1) is 16.2. The third-order valence-electron chi connectivity index (χ3n) is 3.95. The fourth-order valence-corrected chi connectivity index (χ4v) is 3.05. The van der Waals surface area contributed by atoms with E-state index in [0.717, 1.165) is 16.8 Å². The zero-order valence-corrected chi connectivity index (χ0v) is 14.6. The average Bonchev–Trinajstić information content (AvgIpc) is 3.15. The fraction of sp³-hybridized carbons (Fsp3) is 0.111. The molecule has 0 unspecified atom stereocenters. The van der Waals surface area contributed by atoms with Crippen molar-refractivity contribution >= 4 is 30.0 Å². The summed E-state index contributed by atoms with van der Waals surface area (Å²) >= 11 is 4.99. The summed E-state index contributed by atoms with van der Waals surface area (Å²) < 4.78 is 5.37. The summed E-state index contributed by atoms with van der Waals surface area (Å²) in [4.78, 5) is 26.7. The van der Waals surface area contributed by atoms with E-state index < -0.39 is 5.97 Å². The number of benzene rings is 1. The Morgan fingerprint density at radius 2 is 2.12 bits per heavy atom. The van der Waals surface area contributed by atoms with E-state index in [0.29, 0.717) is 16.4 Å². The van der Waals surface area contributed by atoms with Crippen LogP contribution in [0.5, 0.6) is 5.88 Å². The summed E-state index contributed by atoms with van der Waals surface area (Å²) in [6.45, 7) is 1.99. The number of pyridine rings is 1. The molecule has 0 radical (unpaired) electrons. The van der Waals surface area contributed by atoms with Gasteiger partial charge in [0.1, 0.15) is 11.4 Å². The minimum atomic E-state index is -0.513. The minimum absolute atomic E-state index is 0.109. The van der Waals surface area contributed by atoms with Crippen molar-refractivity contribution in [1.82, 2.24) is 15.0 Å². The first-order valence-corrected chi connectivity index (χ1v) is 8.37. The Balaban J connectivity index is 2.02. The van der Waals surface area contributed by atoms with Crippen molar-refractivity contribution in [2.75, 3.05) is 6.61 Å². The highest BCUT2D eigenvalue weighted by atomic mass is 32.1. The molecule has 0 saturated heterocycles. The molecule has 0 aliphatic carbocycles. The van der Waals surface area contributed by atoms with Gasteiger partial charge in [0.05, 0.1) is 23.0 Å². The molecule has 3 heterocycles. The molecule has 26 heavy (non-hydrogen) atoms. The van der Waals surface area contributed by atoms with Crippen LogP contribution >= 0.6 is 12.2 Å². The second-order valence-electron chi connectivity index (χ2n) is 5.62. The zero-order valence-electron chi connectivity index (χ0n) is 13.7. The van der Waals surface area contributed by atoms with Crippen molar-refractivity contribution in [2.24, 2.45) is 4.99 Å². The summed E-state index contributed by atoms with van der Waals surface area (Å²) in [7, 11) is 0. The van der Waals surface area contributed by atoms with Gasteiger partial charge in [0, 0.05) is 11.1 Å². The van der Waals surface area contributed by atoms with Crippen LogP contribution in [0.4, 0.5) is 5.69 Å². The van der Waals surface area contributed by atoms with E-state index in [4.69, 9.17) is 17.0 Å². The molecule has 3 N–H and O–H groups in total. The normalized spacial score (nSPS) is 12.4. The number of fused-ring (bicyclic) bond motifs is 3. The van der Waals surface area contributed by atoms with Gasteiger partial charge in [0.25, 0.3) is 0 Å². The molecule has 0 fully saturated rings. The number of ether oxygens (including phenoxy) is 1. The van der Waals surface area contributed by atoms with Crippen LogP contribution in [-0.2, 0) is 4.74 Å². The van der Waals surface area contributed by atoms with Gasteiger partial charge in [-0.3, -0.25) is 0 Å². The number of H-pyrrole nitrogens is 2. The van der Waals surface area contributed by atoms with E-state index in [1.807, 2.05) is 24.3 Å². The Bertz CT molecular complexity index is 1210. The number of aromatic hydroxyl groups is 1. The molecule has 0 amide bonds. The standard InChI is InChI=1S/C18H14N4O3S/c1-2-25-17(24)14-7-10-9-5-3-4-6-11(9)20-15(10)12(19-14)8-13-16(23)22-18(26)21-13/h3-8,23H,2H2,1H3,(H2,21,22,26). The number of imidazole rings is 1. The van der Waals surface area contributed by atoms with Gasteiger partial charge in [0.2, 0.25) is 5.88 Å². The van der Waals surface area contributed by atoms with E-state index >= 15 is 0 Å². The Labute approximate surface area is 152 Å². The topological polar surface area (TPSA) is 103 Å². The maximum atomic E-state index is 12.2. The first-order valence-electron chi connectivity index (χ1n) is 7.96. The van der Waals surface area contributed by atoms with Gasteiger partial charge in [-0.2, -0.15) is 0 Å². The molecule has 1 aromatic carbocycles. The van der Waals surface area contributed by atoms with Crippen LogP contribution in [0.1, 0.15) is 23.1 Å². The summed E-state index contributed by atoms with van der Waals surface area (Å²) in [6, 6.07) is 9.31. The van der Waals surface area contributed by atoms with Crippen molar-refractivity contribution in [1.29, 1.82) is 0 Å². The van der Waals surface area contributed by atoms with Crippen LogP contribution < -0.4 is 10.7 Å². The molecule has 0 atom stereocenters. The number of hydrogen-bond donors (Lipinski definition) is 3. The van der Waals surface area contributed by atoms with Crippen LogP contribution in [0.15, 0.2) is 35.3 Å². The minimum Gasteiger partial charge on any atom is -0.493 e. The van der Waals surface area contributed by atoms with E-state index in [1.54, 1.807) is 19.1 Å². The molecule has 0 saturated carbocycles. The Kier molecular flexibility index (Phi) is 3.89. The number of aromatic nitrogens is 3. The molecule has 4 rings (SSSR count). The van der Waals surface area contributed by atoms with Crippen LogP contribution in [0, 0.1) is 4.77 Å². The molecule has 130 valence electrons. The van der Waals surface area contributed by atoms with Crippen LogP contribution in [0.2, 0.25) is 0 Å². The lowest BCUT2D eigenvalue weighted by Crippen LogP contribution is -2.31. The Hall–Kier alpha value is -3.26. The number of rotatable bonds is 3. The lowest BCUT2D eigenvalue weighted by Gasteiger charge is -2.04. The summed E-state index contributed by atoms with van der Waals surface area (Å²) in [6.07, 6.45) is 1.60. The molecule has 1 aliphatic heterocycles. The number of esters is 1. The van der Waals surface area contributed by atoms with Crippen molar-refractivity contribution in [2.45, 2.75) is 6.92 Å². The van der Waals surface area contributed by atoms with E-state index in [-0.39, 0.29) is 23.0 Å². The quantitative estimate of drug-likeness (QED) is 0.381. The van der Waals surface area contributed by atoms with Crippen LogP contribution in [0.25, 0.3) is 17.2 Å². The molecule has 0 bridgehead atoms. The summed E-state index contributed by atoms with van der Waals surface area (Å²) in [5.41, 5.74) is 3.04. The van der Waals surface area contributed by atoms with Crippen molar-refractivity contribution in [3.63, 3.8) is 0 Å². The highest BCUT2D eigenvalue weighted by molar-refractivity contribution is 7.71. The first-order chi connectivity index (χ1) is 12.6. The van der Waals surface area contributed by atoms with E-state index in [2.05, 4.69) is 19.9 Å². The molecule has 2 aromatic heterocycles. The number of nitrogens with zero attached hydrogens (tertiary/aromatic N) is 2. The van der Waals surface area contributed by atoms with Crippen LogP contribution in [-0.4, -0.2) is 32.6 Å². The third kappa shape index (κ3) is 2.70. The predicted molar refractivity (Wildman–Crippen MR) is 97.3 cm³/mol. The van der Waals surface area contributed by atoms with Gasteiger partial charge in [-0.05, 0) is 37.4 Å². The average molecular weight is 366 g/mol. The Morgan fingerprint density at radius 3 is 2.85 bits per heavy atom. The number of carbonyl (C=O) groups is 1. The number of aromatic amines is 2. The molecule has 8 heteroatoms. The van der Waals surface area contributed by atoms with Crippen LogP contribution in [0.3, 0.4) is 0 Å². The number of nitrogens with one attached hydrogen (secondary N) is 2. The van der Waals surface area contributed by atoms with Gasteiger partial charge in [0.15, 0.2) is 4.77 Å². The SMILES string of the molecule is CCOC(=O)c1cc2c(c(=Cc3[nH]c(=S)[nH]c3O)n1)=Nc1ccccc1-2. The van der Waals surface area contributed by atoms with Gasteiger partial charge >= 0.3 is 5.97 Å². The second-order valence-corrected chi connectivity index (χ2v) is 6.03. The van der Waals surface area contributed by atoms with E-state index in [9.17, 15) is 9.90 Å². The van der Waals surface area contributed by atoms with Crippen molar-refractivity contribution in [3.05, 3.63) is 57.2 Å². The van der Waals surface area contributed by atoms with Gasteiger partial charge in [-0.1, -0.05) is 18.2 Å². The lowest BCUT2D eigenvalue weighted by molar-refractivity contribution is 0.0519. The largest absolute Gasteiger partial charge is 0.493 e. The molecule has 0 spiro atoms. The molecular formula is C18H14N4O3S. The molecular weight excluding hydrogens is 352 g/mol. The molecule has 7 nitrogen and oxygen atoms in total. The predicted octanol–water partition coefficient (Wildman–Crippen LogP) is 2.11. The Morgan fingerprint density at radius 1 is 1.31 bits per heavy atom. The summed E-state index contributed by atoms with van der Waals surface area (Å²) in [5.74, 6) is -0.622. The molecule has 1 aliphatic rings. The third-order valence-corrected chi connectivity index (χ3v) is 4.15. The second kappa shape index (κ2) is 6.23. The number of carbonyl (C=O) groups excluding carboxylic acids is 1. The van der Waals surface area contributed by atoms with E-state index in [1.165, 1.54) is 0 Å². The van der Waals surface area contributed by atoms with Gasteiger partial charge in [-0.25, -0.2) is 14.8 Å². The monoisotopic (exact) mass is 366 g/mol. The van der Waals surface area contributed by atoms with Crippen molar-refractivity contribution in [3.8, 4) is 17.0 Å². The maximum Gasteiger partial charge on any atom is 0.356 e. The van der Waals surface area contributed by atoms with Crippen molar-refractivity contribution < 1.29 is 14.6 Å². The number of hydrogen-bond acceptors (Lipinski definition) is 6. The summed E-state index contributed by atoms with van der Waals surface area (Å²) in [5, 5.41) is 11.0. The van der Waals surface area contributed by atoms with Gasteiger partial charge < -0.3 is 19.8 Å². The fourth-order valence-electron chi connectivity index (χ4n) is 2.84. The molecule has 3 aromatic rings. The zero-order chi connectivity index (χ0) is 18.3. The smallest absolute Gasteiger partial charge is 0.356 e.